The average molecular weight is 603 g/mol. The second-order valence-electron chi connectivity index (χ2n) is 11.9. The molecule has 0 fully saturated rings. The molecule has 0 aromatic heterocycles. The fraction of sp³-hybridized carbons (Fsp3) is 0.548. The van der Waals surface area contributed by atoms with Gasteiger partial charge in [0.1, 0.15) is 11.1 Å². The molecule has 1 unspecified atom stereocenters. The average Bonchev–Trinajstić information content (AvgIpc) is 3.38. The van der Waals surface area contributed by atoms with E-state index in [1.165, 1.54) is 5.01 Å². The number of aliphatic hydroxyl groups excluding tert-OH is 1. The Morgan fingerprint density at radius 1 is 1.05 bits per heavy atom. The quantitative estimate of drug-likeness (QED) is 0.282. The molecule has 1 aliphatic rings. The summed E-state index contributed by atoms with van der Waals surface area (Å²) in [6.07, 6.45) is -0.137. The number of hydrogen-bond donors (Lipinski definition) is 3. The van der Waals surface area contributed by atoms with Crippen molar-refractivity contribution in [1.29, 1.82) is 0 Å². The smallest absolute Gasteiger partial charge is 0.252 e. The number of ether oxygens (including phenoxy) is 1. The summed E-state index contributed by atoms with van der Waals surface area (Å²) in [4.78, 5) is 28.2. The lowest BCUT2D eigenvalue weighted by atomic mass is 9.99. The Morgan fingerprint density at radius 2 is 1.74 bits per heavy atom. The first kappa shape index (κ1) is 33.5. The fourth-order valence-corrected chi connectivity index (χ4v) is 6.94. The Hall–Kier alpha value is -2.99. The minimum Gasteiger partial charge on any atom is -0.493 e. The third-order valence-corrected chi connectivity index (χ3v) is 9.37. The summed E-state index contributed by atoms with van der Waals surface area (Å²) >= 11 is 0. The standard InChI is InChI=1S/C31H46N4O6S/c1-21(2)16-30(38)35(33-29(37)20-34(5)6)26(17-23-10-8-7-9-11-23)27(36)19-32-31(22(3)4)42(39,40)25-12-13-28-24(18-25)14-15-41-28/h7-13,18,21-22,26-27,31-32,36H,14-17,19-20H2,1-6H3,(H,33,37)/t26-,27+,31?/m0/s1. The summed E-state index contributed by atoms with van der Waals surface area (Å²) < 4.78 is 33.0. The summed E-state index contributed by atoms with van der Waals surface area (Å²) in [5.74, 6) is -0.321. The third-order valence-electron chi connectivity index (χ3n) is 7.08. The monoisotopic (exact) mass is 602 g/mol. The highest BCUT2D eigenvalue weighted by molar-refractivity contribution is 7.92. The molecular formula is C31H46N4O6S. The summed E-state index contributed by atoms with van der Waals surface area (Å²) in [6.45, 7) is 7.88. The highest BCUT2D eigenvalue weighted by Crippen LogP contribution is 2.30. The van der Waals surface area contributed by atoms with Gasteiger partial charge in [-0.05, 0) is 61.7 Å². The van der Waals surface area contributed by atoms with E-state index in [1.807, 2.05) is 44.2 Å². The van der Waals surface area contributed by atoms with Gasteiger partial charge in [0.15, 0.2) is 9.84 Å². The molecular weight excluding hydrogens is 556 g/mol. The number of likely N-dealkylation sites (N-methyl/N-ethyl adjacent to an activating group) is 1. The number of benzene rings is 2. The van der Waals surface area contributed by atoms with Gasteiger partial charge in [-0.2, -0.15) is 0 Å². The number of amides is 2. The number of carbonyl (C=O) groups excluding carboxylic acids is 2. The van der Waals surface area contributed by atoms with E-state index in [4.69, 9.17) is 4.74 Å². The van der Waals surface area contributed by atoms with Gasteiger partial charge in [-0.3, -0.25) is 20.3 Å². The minimum atomic E-state index is -3.82. The number of nitrogens with zero attached hydrogens (tertiary/aromatic N) is 2. The molecule has 1 aliphatic heterocycles. The van der Waals surface area contributed by atoms with Crippen LogP contribution in [0.3, 0.4) is 0 Å². The molecule has 0 radical (unpaired) electrons. The molecule has 232 valence electrons. The van der Waals surface area contributed by atoms with Crippen molar-refractivity contribution in [3.8, 4) is 5.75 Å². The molecule has 0 saturated heterocycles. The zero-order valence-electron chi connectivity index (χ0n) is 25.5. The van der Waals surface area contributed by atoms with Gasteiger partial charge >= 0.3 is 0 Å². The Morgan fingerprint density at radius 3 is 2.36 bits per heavy atom. The lowest BCUT2D eigenvalue weighted by Gasteiger charge is -2.36. The Labute approximate surface area is 250 Å². The lowest BCUT2D eigenvalue weighted by Crippen LogP contribution is -2.60. The van der Waals surface area contributed by atoms with Gasteiger partial charge in [-0.15, -0.1) is 0 Å². The Kier molecular flexibility index (Phi) is 11.9. The molecule has 0 bridgehead atoms. The van der Waals surface area contributed by atoms with Crippen LogP contribution in [0.15, 0.2) is 53.4 Å². The van der Waals surface area contributed by atoms with Crippen LogP contribution in [0, 0.1) is 11.8 Å². The van der Waals surface area contributed by atoms with Gasteiger partial charge in [-0.1, -0.05) is 58.0 Å². The van der Waals surface area contributed by atoms with Crippen molar-refractivity contribution in [3.63, 3.8) is 0 Å². The molecule has 2 amide bonds. The molecule has 3 atom stereocenters. The van der Waals surface area contributed by atoms with Crippen LogP contribution in [0.4, 0.5) is 0 Å². The summed E-state index contributed by atoms with van der Waals surface area (Å²) in [5, 5.41) is 14.9. The zero-order chi connectivity index (χ0) is 31.0. The fourth-order valence-electron chi connectivity index (χ4n) is 5.05. The van der Waals surface area contributed by atoms with Crippen LogP contribution in [0.25, 0.3) is 0 Å². The van der Waals surface area contributed by atoms with Crippen molar-refractivity contribution >= 4 is 21.7 Å². The van der Waals surface area contributed by atoms with Crippen molar-refractivity contribution in [1.82, 2.24) is 20.7 Å². The second kappa shape index (κ2) is 15.0. The lowest BCUT2D eigenvalue weighted by molar-refractivity contribution is -0.148. The Balaban J connectivity index is 1.89. The molecule has 2 aromatic carbocycles. The van der Waals surface area contributed by atoms with Gasteiger partial charge < -0.3 is 14.7 Å². The number of carbonyl (C=O) groups is 2. The number of hydrogen-bond acceptors (Lipinski definition) is 8. The van der Waals surface area contributed by atoms with E-state index in [0.29, 0.717) is 18.8 Å². The van der Waals surface area contributed by atoms with Crippen molar-refractivity contribution in [2.24, 2.45) is 11.8 Å². The molecule has 0 spiro atoms. The van der Waals surface area contributed by atoms with Gasteiger partial charge in [0.25, 0.3) is 5.91 Å². The van der Waals surface area contributed by atoms with E-state index in [0.717, 1.165) is 11.1 Å². The molecule has 11 heteroatoms. The summed E-state index contributed by atoms with van der Waals surface area (Å²) in [6, 6.07) is 13.4. The molecule has 3 rings (SSSR count). The molecule has 0 saturated carbocycles. The molecule has 2 aromatic rings. The number of sulfone groups is 1. The van der Waals surface area contributed by atoms with Crippen LogP contribution >= 0.6 is 0 Å². The van der Waals surface area contributed by atoms with E-state index >= 15 is 0 Å². The van der Waals surface area contributed by atoms with Crippen LogP contribution in [0.5, 0.6) is 5.75 Å². The highest BCUT2D eigenvalue weighted by atomic mass is 32.2. The van der Waals surface area contributed by atoms with Crippen LogP contribution < -0.4 is 15.5 Å². The van der Waals surface area contributed by atoms with E-state index in [1.54, 1.807) is 51.0 Å². The maximum absolute atomic E-state index is 13.7. The zero-order valence-corrected chi connectivity index (χ0v) is 26.4. The van der Waals surface area contributed by atoms with Crippen LogP contribution in [0.2, 0.25) is 0 Å². The van der Waals surface area contributed by atoms with Crippen LogP contribution in [-0.2, 0) is 32.3 Å². The topological polar surface area (TPSA) is 128 Å². The Bertz CT molecular complexity index is 1300. The van der Waals surface area contributed by atoms with E-state index in [-0.39, 0.29) is 48.6 Å². The summed E-state index contributed by atoms with van der Waals surface area (Å²) in [7, 11) is -0.320. The molecule has 1 heterocycles. The van der Waals surface area contributed by atoms with Gasteiger partial charge in [0, 0.05) is 19.4 Å². The van der Waals surface area contributed by atoms with Crippen molar-refractivity contribution in [3.05, 3.63) is 59.7 Å². The van der Waals surface area contributed by atoms with Gasteiger partial charge in [0.2, 0.25) is 5.91 Å². The maximum atomic E-state index is 13.7. The maximum Gasteiger partial charge on any atom is 0.252 e. The summed E-state index contributed by atoms with van der Waals surface area (Å²) in [5.41, 5.74) is 4.45. The normalized spacial score (nSPS) is 15.3. The van der Waals surface area contributed by atoms with E-state index in [2.05, 4.69) is 10.7 Å². The second-order valence-corrected chi connectivity index (χ2v) is 14.0. The van der Waals surface area contributed by atoms with Crippen LogP contribution in [0.1, 0.15) is 45.2 Å². The SMILES string of the molecule is CC(C)CC(=O)N(NC(=O)CN(C)C)[C@@H](Cc1ccccc1)[C@H](O)CNC(C(C)C)S(=O)(=O)c1ccc2c(c1)CCO2. The molecule has 0 aliphatic carbocycles. The van der Waals surface area contributed by atoms with Gasteiger partial charge in [0.05, 0.1) is 30.2 Å². The van der Waals surface area contributed by atoms with E-state index < -0.39 is 33.3 Å². The van der Waals surface area contributed by atoms with Crippen molar-refractivity contribution in [2.45, 2.75) is 69.4 Å². The van der Waals surface area contributed by atoms with Crippen LogP contribution in [-0.4, -0.2) is 86.6 Å². The minimum absolute atomic E-state index is 0.0200. The number of fused-ring (bicyclic) bond motifs is 1. The van der Waals surface area contributed by atoms with Crippen molar-refractivity contribution in [2.75, 3.05) is 33.8 Å². The third kappa shape index (κ3) is 9.00. The number of nitrogens with one attached hydrogen (secondary N) is 2. The first-order chi connectivity index (χ1) is 19.8. The predicted molar refractivity (Wildman–Crippen MR) is 162 cm³/mol. The first-order valence-electron chi connectivity index (χ1n) is 14.5. The molecule has 10 nitrogen and oxygen atoms in total. The highest BCUT2D eigenvalue weighted by Gasteiger charge is 2.35. The van der Waals surface area contributed by atoms with E-state index in [9.17, 15) is 23.1 Å². The number of rotatable bonds is 14. The number of aliphatic hydroxyl groups is 1. The number of hydrazine groups is 1. The molecule has 42 heavy (non-hydrogen) atoms. The van der Waals surface area contributed by atoms with Gasteiger partial charge in [-0.25, -0.2) is 13.4 Å². The largest absolute Gasteiger partial charge is 0.493 e. The predicted octanol–water partition coefficient (Wildman–Crippen LogP) is 2.41. The molecule has 3 N–H and O–H groups in total. The first-order valence-corrected chi connectivity index (χ1v) is 16.1. The van der Waals surface area contributed by atoms with Crippen molar-refractivity contribution < 1.29 is 27.9 Å².